The van der Waals surface area contributed by atoms with Crippen LogP contribution in [0.4, 0.5) is 5.82 Å². The number of aromatic nitrogens is 1. The van der Waals surface area contributed by atoms with Gasteiger partial charge in [-0.2, -0.15) is 0 Å². The van der Waals surface area contributed by atoms with Gasteiger partial charge in [0, 0.05) is 25.3 Å². The molecule has 1 aromatic rings. The van der Waals surface area contributed by atoms with E-state index < -0.39 is 0 Å². The molecule has 2 aliphatic heterocycles. The standard InChI is InChI=1S/C13H18BrN3/c1-9-5-11(14)13(16-6-9)17-7-10-3-2-4-15-12(10)8-17/h5-6,10,12,15H,2-4,7-8H2,1H3. The predicted octanol–water partition coefficient (Wildman–Crippen LogP) is 2.34. The third kappa shape index (κ3) is 2.20. The summed E-state index contributed by atoms with van der Waals surface area (Å²) in [7, 11) is 0. The lowest BCUT2D eigenvalue weighted by atomic mass is 9.94. The van der Waals surface area contributed by atoms with E-state index in [4.69, 9.17) is 0 Å². The van der Waals surface area contributed by atoms with E-state index in [0.29, 0.717) is 6.04 Å². The normalized spacial score (nSPS) is 28.2. The monoisotopic (exact) mass is 295 g/mol. The maximum absolute atomic E-state index is 4.57. The van der Waals surface area contributed by atoms with Gasteiger partial charge < -0.3 is 10.2 Å². The minimum atomic E-state index is 0.666. The highest BCUT2D eigenvalue weighted by Gasteiger charge is 2.35. The SMILES string of the molecule is Cc1cnc(N2CC3CCCNC3C2)c(Br)c1. The zero-order valence-electron chi connectivity index (χ0n) is 10.1. The van der Waals surface area contributed by atoms with Crippen molar-refractivity contribution in [2.24, 2.45) is 5.92 Å². The minimum absolute atomic E-state index is 0.666. The topological polar surface area (TPSA) is 28.2 Å². The molecular weight excluding hydrogens is 278 g/mol. The van der Waals surface area contributed by atoms with E-state index in [9.17, 15) is 0 Å². The van der Waals surface area contributed by atoms with E-state index >= 15 is 0 Å². The molecule has 0 aromatic carbocycles. The molecule has 3 heterocycles. The van der Waals surface area contributed by atoms with Crippen LogP contribution in [0.25, 0.3) is 0 Å². The highest BCUT2D eigenvalue weighted by molar-refractivity contribution is 9.10. The van der Waals surface area contributed by atoms with Crippen LogP contribution in [-0.4, -0.2) is 30.7 Å². The molecule has 0 amide bonds. The van der Waals surface area contributed by atoms with Crippen LogP contribution in [0.15, 0.2) is 16.7 Å². The van der Waals surface area contributed by atoms with E-state index in [1.54, 1.807) is 0 Å². The summed E-state index contributed by atoms with van der Waals surface area (Å²) in [5.74, 6) is 1.91. The van der Waals surface area contributed by atoms with Gasteiger partial charge in [-0.15, -0.1) is 0 Å². The second kappa shape index (κ2) is 4.58. The van der Waals surface area contributed by atoms with Crippen molar-refractivity contribution < 1.29 is 0 Å². The Morgan fingerprint density at radius 3 is 3.12 bits per heavy atom. The van der Waals surface area contributed by atoms with E-state index in [-0.39, 0.29) is 0 Å². The van der Waals surface area contributed by atoms with E-state index in [1.807, 2.05) is 6.20 Å². The van der Waals surface area contributed by atoms with Gasteiger partial charge in [0.05, 0.1) is 4.47 Å². The molecule has 0 aliphatic carbocycles. The maximum atomic E-state index is 4.57. The van der Waals surface area contributed by atoms with Crippen molar-refractivity contribution in [1.82, 2.24) is 10.3 Å². The van der Waals surface area contributed by atoms with Crippen molar-refractivity contribution >= 4 is 21.7 Å². The molecule has 3 nitrogen and oxygen atoms in total. The third-order valence-electron chi connectivity index (χ3n) is 3.86. The van der Waals surface area contributed by atoms with Crippen LogP contribution in [0, 0.1) is 12.8 Å². The number of nitrogens with zero attached hydrogens (tertiary/aromatic N) is 2. The number of hydrogen-bond donors (Lipinski definition) is 1. The van der Waals surface area contributed by atoms with Gasteiger partial charge in [0.25, 0.3) is 0 Å². The molecule has 92 valence electrons. The number of piperidine rings is 1. The zero-order valence-corrected chi connectivity index (χ0v) is 11.7. The first-order valence-electron chi connectivity index (χ1n) is 6.34. The quantitative estimate of drug-likeness (QED) is 0.862. The Morgan fingerprint density at radius 2 is 2.35 bits per heavy atom. The fraction of sp³-hybridized carbons (Fsp3) is 0.615. The molecule has 2 unspecified atom stereocenters. The molecule has 2 atom stereocenters. The molecule has 2 saturated heterocycles. The Labute approximate surface area is 111 Å². The second-order valence-electron chi connectivity index (χ2n) is 5.19. The molecule has 4 heteroatoms. The van der Waals surface area contributed by atoms with Gasteiger partial charge in [-0.3, -0.25) is 0 Å². The summed E-state index contributed by atoms with van der Waals surface area (Å²) in [6.45, 7) is 5.50. The summed E-state index contributed by atoms with van der Waals surface area (Å²) >= 11 is 3.63. The number of hydrogen-bond acceptors (Lipinski definition) is 3. The van der Waals surface area contributed by atoms with E-state index in [2.05, 4.69) is 44.1 Å². The van der Waals surface area contributed by atoms with Crippen LogP contribution in [0.1, 0.15) is 18.4 Å². The van der Waals surface area contributed by atoms with Crippen molar-refractivity contribution in [2.75, 3.05) is 24.5 Å². The van der Waals surface area contributed by atoms with Crippen LogP contribution in [-0.2, 0) is 0 Å². The molecule has 0 spiro atoms. The molecule has 0 radical (unpaired) electrons. The molecule has 3 rings (SSSR count). The van der Waals surface area contributed by atoms with Crippen molar-refractivity contribution in [3.05, 3.63) is 22.3 Å². The molecular formula is C13H18BrN3. The summed E-state index contributed by atoms with van der Waals surface area (Å²) < 4.78 is 1.12. The lowest BCUT2D eigenvalue weighted by Crippen LogP contribution is -2.40. The largest absolute Gasteiger partial charge is 0.354 e. The number of fused-ring (bicyclic) bond motifs is 1. The Balaban J connectivity index is 1.81. The number of pyridine rings is 1. The lowest BCUT2D eigenvalue weighted by Gasteiger charge is -2.24. The van der Waals surface area contributed by atoms with Gasteiger partial charge in [0.15, 0.2) is 0 Å². The van der Waals surface area contributed by atoms with Crippen LogP contribution < -0.4 is 10.2 Å². The van der Waals surface area contributed by atoms with Crippen LogP contribution in [0.3, 0.4) is 0 Å². The smallest absolute Gasteiger partial charge is 0.142 e. The first-order chi connectivity index (χ1) is 8.24. The van der Waals surface area contributed by atoms with Gasteiger partial charge >= 0.3 is 0 Å². The Morgan fingerprint density at radius 1 is 1.47 bits per heavy atom. The second-order valence-corrected chi connectivity index (χ2v) is 6.04. The molecule has 0 saturated carbocycles. The number of nitrogens with one attached hydrogen (secondary N) is 1. The van der Waals surface area contributed by atoms with Gasteiger partial charge in [0.1, 0.15) is 5.82 Å². The Bertz CT molecular complexity index is 407. The fourth-order valence-corrected chi connectivity index (χ4v) is 3.69. The molecule has 1 aromatic heterocycles. The average Bonchev–Trinajstić information content (AvgIpc) is 2.72. The van der Waals surface area contributed by atoms with Crippen molar-refractivity contribution in [2.45, 2.75) is 25.8 Å². The third-order valence-corrected chi connectivity index (χ3v) is 4.44. The van der Waals surface area contributed by atoms with Crippen molar-refractivity contribution in [1.29, 1.82) is 0 Å². The molecule has 2 aliphatic rings. The molecule has 0 bridgehead atoms. The first-order valence-corrected chi connectivity index (χ1v) is 7.14. The number of anilines is 1. The highest BCUT2D eigenvalue weighted by atomic mass is 79.9. The minimum Gasteiger partial charge on any atom is -0.354 e. The Kier molecular flexibility index (Phi) is 3.09. The van der Waals surface area contributed by atoms with E-state index in [1.165, 1.54) is 24.9 Å². The van der Waals surface area contributed by atoms with Crippen molar-refractivity contribution in [3.8, 4) is 0 Å². The van der Waals surface area contributed by atoms with Gasteiger partial charge in [-0.1, -0.05) is 0 Å². The summed E-state index contributed by atoms with van der Waals surface area (Å²) in [5, 5.41) is 3.63. The van der Waals surface area contributed by atoms with E-state index in [0.717, 1.165) is 29.3 Å². The Hall–Kier alpha value is -0.610. The van der Waals surface area contributed by atoms with Gasteiger partial charge in [0.2, 0.25) is 0 Å². The first kappa shape index (κ1) is 11.5. The van der Waals surface area contributed by atoms with Crippen molar-refractivity contribution in [3.63, 3.8) is 0 Å². The van der Waals surface area contributed by atoms with Crippen LogP contribution >= 0.6 is 15.9 Å². The van der Waals surface area contributed by atoms with Crippen LogP contribution in [0.2, 0.25) is 0 Å². The number of aryl methyl sites for hydroxylation is 1. The van der Waals surface area contributed by atoms with Gasteiger partial charge in [-0.25, -0.2) is 4.98 Å². The average molecular weight is 296 g/mol. The zero-order chi connectivity index (χ0) is 11.8. The molecule has 2 fully saturated rings. The summed E-state index contributed by atoms with van der Waals surface area (Å²) in [5.41, 5.74) is 1.20. The molecule has 1 N–H and O–H groups in total. The van der Waals surface area contributed by atoms with Gasteiger partial charge in [-0.05, 0) is 59.8 Å². The summed E-state index contributed by atoms with van der Waals surface area (Å²) in [4.78, 5) is 6.98. The molecule has 17 heavy (non-hydrogen) atoms. The number of halogens is 1. The maximum Gasteiger partial charge on any atom is 0.142 e. The lowest BCUT2D eigenvalue weighted by molar-refractivity contribution is 0.340. The summed E-state index contributed by atoms with van der Waals surface area (Å²) in [6, 6.07) is 2.82. The predicted molar refractivity (Wildman–Crippen MR) is 73.4 cm³/mol. The number of rotatable bonds is 1. The highest BCUT2D eigenvalue weighted by Crippen LogP contribution is 2.32. The fourth-order valence-electron chi connectivity index (χ4n) is 2.98. The summed E-state index contributed by atoms with van der Waals surface area (Å²) in [6.07, 6.45) is 4.63. The van der Waals surface area contributed by atoms with Crippen LogP contribution in [0.5, 0.6) is 0 Å².